The van der Waals surface area contributed by atoms with Gasteiger partial charge in [-0.15, -0.1) is 0 Å². The summed E-state index contributed by atoms with van der Waals surface area (Å²) < 4.78 is 0. The second kappa shape index (κ2) is 7.62. The molecule has 3 nitrogen and oxygen atoms in total. The molecule has 0 fully saturated rings. The fourth-order valence-corrected chi connectivity index (χ4v) is 2.20. The molecule has 1 rings (SSSR count). The van der Waals surface area contributed by atoms with Crippen molar-refractivity contribution in [2.75, 3.05) is 38.6 Å². The largest absolute Gasteiger partial charge is 0.372 e. The summed E-state index contributed by atoms with van der Waals surface area (Å²) in [5.41, 5.74) is 7.80. The van der Waals surface area contributed by atoms with Crippen molar-refractivity contribution in [3.05, 3.63) is 28.8 Å². The van der Waals surface area contributed by atoms with Crippen LogP contribution in [0.25, 0.3) is 0 Å². The van der Waals surface area contributed by atoms with Crippen molar-refractivity contribution in [3.8, 4) is 0 Å². The molecule has 0 aromatic heterocycles. The average Bonchev–Trinajstić information content (AvgIpc) is 2.34. The summed E-state index contributed by atoms with van der Waals surface area (Å²) in [7, 11) is 4.20. The van der Waals surface area contributed by atoms with Gasteiger partial charge in [-0.3, -0.25) is 0 Å². The van der Waals surface area contributed by atoms with E-state index in [2.05, 4.69) is 36.9 Å². The molecule has 1 aromatic carbocycles. The molecule has 18 heavy (non-hydrogen) atoms. The zero-order chi connectivity index (χ0) is 13.5. The Balaban J connectivity index is 2.67. The molecule has 0 spiro atoms. The molecule has 0 aliphatic carbocycles. The van der Waals surface area contributed by atoms with E-state index in [4.69, 9.17) is 17.3 Å². The van der Waals surface area contributed by atoms with Gasteiger partial charge in [0.05, 0.1) is 0 Å². The molecule has 2 N–H and O–H groups in total. The van der Waals surface area contributed by atoms with Gasteiger partial charge < -0.3 is 15.5 Å². The molecular weight excluding hydrogens is 246 g/mol. The average molecular weight is 270 g/mol. The second-order valence-corrected chi connectivity index (χ2v) is 5.12. The van der Waals surface area contributed by atoms with Crippen molar-refractivity contribution in [3.63, 3.8) is 0 Å². The van der Waals surface area contributed by atoms with Gasteiger partial charge in [0.25, 0.3) is 0 Å². The molecule has 0 radical (unpaired) electrons. The lowest BCUT2D eigenvalue weighted by molar-refractivity contribution is 0.400. The first kappa shape index (κ1) is 15.3. The van der Waals surface area contributed by atoms with Crippen molar-refractivity contribution in [1.82, 2.24) is 4.90 Å². The molecule has 0 saturated heterocycles. The lowest BCUT2D eigenvalue weighted by Gasteiger charge is -2.24. The van der Waals surface area contributed by atoms with Crippen molar-refractivity contribution in [2.45, 2.75) is 19.9 Å². The van der Waals surface area contributed by atoms with Gasteiger partial charge in [0.15, 0.2) is 0 Å². The summed E-state index contributed by atoms with van der Waals surface area (Å²) in [6.45, 7) is 5.80. The number of nitrogens with zero attached hydrogens (tertiary/aromatic N) is 2. The number of anilines is 1. The molecule has 1 aromatic rings. The monoisotopic (exact) mass is 269 g/mol. The van der Waals surface area contributed by atoms with E-state index in [0.717, 1.165) is 36.6 Å². The van der Waals surface area contributed by atoms with Crippen LogP contribution in [0.5, 0.6) is 0 Å². The Morgan fingerprint density at radius 2 is 1.94 bits per heavy atom. The van der Waals surface area contributed by atoms with Crippen LogP contribution in [0.3, 0.4) is 0 Å². The Labute approximate surface area is 116 Å². The number of benzene rings is 1. The summed E-state index contributed by atoms with van der Waals surface area (Å²) in [6, 6.07) is 6.14. The number of hydrogen-bond donors (Lipinski definition) is 1. The first-order chi connectivity index (χ1) is 8.58. The first-order valence-electron chi connectivity index (χ1n) is 6.46. The summed E-state index contributed by atoms with van der Waals surface area (Å²) >= 11 is 6.20. The minimum Gasteiger partial charge on any atom is -0.372 e. The molecule has 0 amide bonds. The molecule has 0 aliphatic heterocycles. The lowest BCUT2D eigenvalue weighted by atomic mass is 10.2. The zero-order valence-corrected chi connectivity index (χ0v) is 12.4. The highest BCUT2D eigenvalue weighted by Crippen LogP contribution is 2.23. The van der Waals surface area contributed by atoms with Gasteiger partial charge >= 0.3 is 0 Å². The van der Waals surface area contributed by atoms with Crippen LogP contribution < -0.4 is 10.6 Å². The SMILES string of the molecule is CCN(CCCN(C)C)c1ccc(CN)c(Cl)c1. The van der Waals surface area contributed by atoms with Crippen LogP contribution in [0.15, 0.2) is 18.2 Å². The van der Waals surface area contributed by atoms with Crippen LogP contribution >= 0.6 is 11.6 Å². The van der Waals surface area contributed by atoms with Crippen molar-refractivity contribution in [1.29, 1.82) is 0 Å². The van der Waals surface area contributed by atoms with Gasteiger partial charge in [-0.05, 0) is 51.7 Å². The Hall–Kier alpha value is -0.770. The van der Waals surface area contributed by atoms with E-state index >= 15 is 0 Å². The van der Waals surface area contributed by atoms with Gasteiger partial charge in [-0.25, -0.2) is 0 Å². The Morgan fingerprint density at radius 1 is 1.22 bits per heavy atom. The minimum absolute atomic E-state index is 0.492. The molecule has 0 atom stereocenters. The summed E-state index contributed by atoms with van der Waals surface area (Å²) in [4.78, 5) is 4.55. The van der Waals surface area contributed by atoms with Crippen LogP contribution in [0.2, 0.25) is 5.02 Å². The maximum absolute atomic E-state index is 6.20. The topological polar surface area (TPSA) is 32.5 Å². The molecule has 0 unspecified atom stereocenters. The third kappa shape index (κ3) is 4.48. The zero-order valence-electron chi connectivity index (χ0n) is 11.6. The van der Waals surface area contributed by atoms with Crippen LogP contribution in [0.1, 0.15) is 18.9 Å². The predicted octanol–water partition coefficient (Wildman–Crippen LogP) is 2.58. The second-order valence-electron chi connectivity index (χ2n) is 4.72. The fourth-order valence-electron chi connectivity index (χ4n) is 1.95. The predicted molar refractivity (Wildman–Crippen MR) is 80.4 cm³/mol. The number of nitrogens with two attached hydrogens (primary N) is 1. The van der Waals surface area contributed by atoms with Crippen molar-refractivity contribution in [2.24, 2.45) is 5.73 Å². The molecule has 102 valence electrons. The Morgan fingerprint density at radius 3 is 2.44 bits per heavy atom. The highest BCUT2D eigenvalue weighted by molar-refractivity contribution is 6.31. The van der Waals surface area contributed by atoms with Crippen molar-refractivity contribution < 1.29 is 0 Å². The smallest absolute Gasteiger partial charge is 0.0471 e. The molecule has 0 bridgehead atoms. The summed E-state index contributed by atoms with van der Waals surface area (Å²) in [6.07, 6.45) is 1.15. The number of hydrogen-bond acceptors (Lipinski definition) is 3. The first-order valence-corrected chi connectivity index (χ1v) is 6.84. The lowest BCUT2D eigenvalue weighted by Crippen LogP contribution is -2.27. The van der Waals surface area contributed by atoms with Crippen LogP contribution in [-0.2, 0) is 6.54 Å². The normalized spacial score (nSPS) is 11.0. The maximum atomic E-state index is 6.20. The van der Waals surface area contributed by atoms with Crippen LogP contribution in [-0.4, -0.2) is 38.6 Å². The van der Waals surface area contributed by atoms with E-state index in [1.165, 1.54) is 5.69 Å². The van der Waals surface area contributed by atoms with Crippen LogP contribution in [0.4, 0.5) is 5.69 Å². The van der Waals surface area contributed by atoms with E-state index in [-0.39, 0.29) is 0 Å². The Kier molecular flexibility index (Phi) is 6.47. The summed E-state index contributed by atoms with van der Waals surface area (Å²) in [5.74, 6) is 0. The van der Waals surface area contributed by atoms with Gasteiger partial charge in [-0.2, -0.15) is 0 Å². The van der Waals surface area contributed by atoms with Gasteiger partial charge in [0, 0.05) is 30.3 Å². The molecule has 0 aliphatic rings. The van der Waals surface area contributed by atoms with Gasteiger partial charge in [0.1, 0.15) is 0 Å². The third-order valence-electron chi connectivity index (χ3n) is 3.04. The standard InChI is InChI=1S/C14H24ClN3/c1-4-18(9-5-8-17(2)3)13-7-6-12(11-16)14(15)10-13/h6-7,10H,4-5,8-9,11,16H2,1-3H3. The summed E-state index contributed by atoms with van der Waals surface area (Å²) in [5, 5.41) is 0.765. The van der Waals surface area contributed by atoms with E-state index < -0.39 is 0 Å². The molecule has 0 heterocycles. The van der Waals surface area contributed by atoms with Crippen LogP contribution in [0, 0.1) is 0 Å². The van der Waals surface area contributed by atoms with E-state index in [1.54, 1.807) is 0 Å². The molecule has 4 heteroatoms. The minimum atomic E-state index is 0.492. The maximum Gasteiger partial charge on any atom is 0.0471 e. The molecular formula is C14H24ClN3. The van der Waals surface area contributed by atoms with E-state index in [1.807, 2.05) is 12.1 Å². The third-order valence-corrected chi connectivity index (χ3v) is 3.39. The Bertz CT molecular complexity index is 366. The molecule has 0 saturated carbocycles. The highest BCUT2D eigenvalue weighted by atomic mass is 35.5. The highest BCUT2D eigenvalue weighted by Gasteiger charge is 2.07. The fraction of sp³-hybridized carbons (Fsp3) is 0.571. The van der Waals surface area contributed by atoms with Gasteiger partial charge in [0.2, 0.25) is 0 Å². The number of rotatable bonds is 7. The number of halogens is 1. The van der Waals surface area contributed by atoms with E-state index in [0.29, 0.717) is 6.54 Å². The van der Waals surface area contributed by atoms with E-state index in [9.17, 15) is 0 Å². The van der Waals surface area contributed by atoms with Crippen molar-refractivity contribution >= 4 is 17.3 Å². The van der Waals surface area contributed by atoms with Gasteiger partial charge in [-0.1, -0.05) is 17.7 Å². The quantitative estimate of drug-likeness (QED) is 0.826.